The molecule has 1 aromatic carbocycles. The molecule has 8 heteroatoms. The Kier molecular flexibility index (Phi) is 4.97. The molecule has 1 atom stereocenters. The van der Waals surface area contributed by atoms with E-state index in [4.69, 9.17) is 4.74 Å². The van der Waals surface area contributed by atoms with E-state index in [0.717, 1.165) is 0 Å². The second kappa shape index (κ2) is 6.76. The van der Waals surface area contributed by atoms with Crippen molar-refractivity contribution in [3.05, 3.63) is 51.8 Å². The number of nitro groups is 1. The van der Waals surface area contributed by atoms with Crippen molar-refractivity contribution in [2.45, 2.75) is 19.1 Å². The van der Waals surface area contributed by atoms with Crippen molar-refractivity contribution in [2.75, 3.05) is 19.0 Å². The van der Waals surface area contributed by atoms with Crippen LogP contribution in [0.25, 0.3) is 0 Å². The van der Waals surface area contributed by atoms with Gasteiger partial charge in [0.1, 0.15) is 5.60 Å². The summed E-state index contributed by atoms with van der Waals surface area (Å²) in [5.74, 6) is 0. The molecule has 0 fully saturated rings. The van der Waals surface area contributed by atoms with Gasteiger partial charge in [0.25, 0.3) is 5.69 Å². The number of rotatable bonds is 7. The van der Waals surface area contributed by atoms with Crippen LogP contribution in [0.5, 0.6) is 0 Å². The molecule has 8 nitrogen and oxygen atoms in total. The lowest BCUT2D eigenvalue weighted by molar-refractivity contribution is -0.384. The minimum Gasteiger partial charge on any atom is -0.383 e. The predicted molar refractivity (Wildman–Crippen MR) is 85.1 cm³/mol. The summed E-state index contributed by atoms with van der Waals surface area (Å²) in [5.41, 5.74) is 0.898. The normalized spacial score (nSPS) is 13.6. The van der Waals surface area contributed by atoms with Crippen LogP contribution in [0.2, 0.25) is 0 Å². The Bertz CT molecular complexity index is 697. The maximum absolute atomic E-state index is 10.9. The van der Waals surface area contributed by atoms with Crippen LogP contribution in [0.4, 0.5) is 11.4 Å². The first-order valence-electron chi connectivity index (χ1n) is 7.05. The van der Waals surface area contributed by atoms with Gasteiger partial charge in [0, 0.05) is 55.8 Å². The van der Waals surface area contributed by atoms with Crippen molar-refractivity contribution in [2.24, 2.45) is 7.05 Å². The van der Waals surface area contributed by atoms with Crippen LogP contribution in [0.3, 0.4) is 0 Å². The number of non-ortho nitro benzene ring substituents is 1. The number of methoxy groups -OCH3 is 1. The number of nitrogens with one attached hydrogen (secondary N) is 1. The molecule has 1 heterocycles. The molecule has 2 aromatic rings. The van der Waals surface area contributed by atoms with E-state index < -0.39 is 10.5 Å². The molecule has 0 amide bonds. The van der Waals surface area contributed by atoms with Gasteiger partial charge in [-0.15, -0.1) is 0 Å². The van der Waals surface area contributed by atoms with Crippen molar-refractivity contribution in [1.82, 2.24) is 9.78 Å². The molecule has 0 spiro atoms. The SMILES string of the molecule is COCc1cc([N+](=O)[O-])ccc1NCC(C)(O)c1cnn(C)c1. The zero-order chi connectivity index (χ0) is 17.0. The van der Waals surface area contributed by atoms with E-state index in [1.165, 1.54) is 19.2 Å². The largest absolute Gasteiger partial charge is 0.383 e. The van der Waals surface area contributed by atoms with Gasteiger partial charge in [-0.05, 0) is 13.0 Å². The van der Waals surface area contributed by atoms with Gasteiger partial charge in [-0.2, -0.15) is 5.10 Å². The number of aliphatic hydroxyl groups is 1. The summed E-state index contributed by atoms with van der Waals surface area (Å²) in [6.45, 7) is 2.14. The van der Waals surface area contributed by atoms with E-state index in [1.807, 2.05) is 0 Å². The third-order valence-electron chi connectivity index (χ3n) is 3.55. The number of aryl methyl sites for hydroxylation is 1. The molecule has 0 saturated heterocycles. The van der Waals surface area contributed by atoms with Gasteiger partial charge < -0.3 is 15.2 Å². The van der Waals surface area contributed by atoms with E-state index in [2.05, 4.69) is 10.4 Å². The smallest absolute Gasteiger partial charge is 0.269 e. The molecule has 2 N–H and O–H groups in total. The Morgan fingerprint density at radius 3 is 2.83 bits per heavy atom. The summed E-state index contributed by atoms with van der Waals surface area (Å²) in [6.07, 6.45) is 3.35. The molecule has 23 heavy (non-hydrogen) atoms. The number of benzene rings is 1. The lowest BCUT2D eigenvalue weighted by Crippen LogP contribution is -2.30. The summed E-state index contributed by atoms with van der Waals surface area (Å²) in [7, 11) is 3.30. The number of hydrogen-bond acceptors (Lipinski definition) is 6. The van der Waals surface area contributed by atoms with Crippen LogP contribution < -0.4 is 5.32 Å². The molecule has 124 valence electrons. The van der Waals surface area contributed by atoms with Gasteiger partial charge in [-0.1, -0.05) is 0 Å². The summed E-state index contributed by atoms with van der Waals surface area (Å²) in [4.78, 5) is 10.4. The van der Waals surface area contributed by atoms with E-state index in [0.29, 0.717) is 16.8 Å². The molecule has 0 bridgehead atoms. The van der Waals surface area contributed by atoms with Crippen LogP contribution >= 0.6 is 0 Å². The molecule has 1 aromatic heterocycles. The molecule has 1 unspecified atom stereocenters. The first-order valence-corrected chi connectivity index (χ1v) is 7.05. The highest BCUT2D eigenvalue weighted by Crippen LogP contribution is 2.25. The highest BCUT2D eigenvalue weighted by molar-refractivity contribution is 5.56. The third-order valence-corrected chi connectivity index (χ3v) is 3.55. The summed E-state index contributed by atoms with van der Waals surface area (Å²) < 4.78 is 6.70. The van der Waals surface area contributed by atoms with Crippen molar-refractivity contribution in [3.63, 3.8) is 0 Å². The van der Waals surface area contributed by atoms with Gasteiger partial charge in [-0.25, -0.2) is 0 Å². The Balaban J connectivity index is 2.17. The minimum atomic E-state index is -1.12. The van der Waals surface area contributed by atoms with Crippen molar-refractivity contribution in [1.29, 1.82) is 0 Å². The number of nitro benzene ring substituents is 1. The van der Waals surface area contributed by atoms with Gasteiger partial charge in [-0.3, -0.25) is 14.8 Å². The van der Waals surface area contributed by atoms with E-state index in [-0.39, 0.29) is 18.8 Å². The highest BCUT2D eigenvalue weighted by atomic mass is 16.6. The zero-order valence-electron chi connectivity index (χ0n) is 13.3. The van der Waals surface area contributed by atoms with E-state index >= 15 is 0 Å². The topological polar surface area (TPSA) is 102 Å². The number of anilines is 1. The lowest BCUT2D eigenvalue weighted by Gasteiger charge is -2.23. The Morgan fingerprint density at radius 2 is 2.26 bits per heavy atom. The maximum Gasteiger partial charge on any atom is 0.269 e. The minimum absolute atomic E-state index is 0.00150. The van der Waals surface area contributed by atoms with Crippen LogP contribution in [0.15, 0.2) is 30.6 Å². The molecule has 2 rings (SSSR count). The lowest BCUT2D eigenvalue weighted by atomic mass is 9.99. The number of nitrogens with zero attached hydrogens (tertiary/aromatic N) is 3. The molecule has 0 radical (unpaired) electrons. The monoisotopic (exact) mass is 320 g/mol. The third kappa shape index (κ3) is 4.05. The number of hydrogen-bond donors (Lipinski definition) is 2. The second-order valence-electron chi connectivity index (χ2n) is 5.56. The average Bonchev–Trinajstić information content (AvgIpc) is 2.93. The van der Waals surface area contributed by atoms with Crippen LogP contribution in [0, 0.1) is 10.1 Å². The van der Waals surface area contributed by atoms with Gasteiger partial charge >= 0.3 is 0 Å². The Morgan fingerprint density at radius 1 is 1.52 bits per heavy atom. The van der Waals surface area contributed by atoms with Gasteiger partial charge in [0.2, 0.25) is 0 Å². The number of ether oxygens (including phenoxy) is 1. The average molecular weight is 320 g/mol. The van der Waals surface area contributed by atoms with Crippen molar-refractivity contribution in [3.8, 4) is 0 Å². The van der Waals surface area contributed by atoms with Crippen molar-refractivity contribution < 1.29 is 14.8 Å². The zero-order valence-corrected chi connectivity index (χ0v) is 13.3. The van der Waals surface area contributed by atoms with Gasteiger partial charge in [0.15, 0.2) is 0 Å². The van der Waals surface area contributed by atoms with Crippen LogP contribution in [-0.2, 0) is 24.0 Å². The second-order valence-corrected chi connectivity index (χ2v) is 5.56. The van der Waals surface area contributed by atoms with Gasteiger partial charge in [0.05, 0.1) is 17.7 Å². The highest BCUT2D eigenvalue weighted by Gasteiger charge is 2.25. The molecular formula is C15H20N4O4. The fourth-order valence-corrected chi connectivity index (χ4v) is 2.21. The number of aromatic nitrogens is 2. The van der Waals surface area contributed by atoms with Crippen LogP contribution in [0.1, 0.15) is 18.1 Å². The van der Waals surface area contributed by atoms with Crippen molar-refractivity contribution >= 4 is 11.4 Å². The fourth-order valence-electron chi connectivity index (χ4n) is 2.21. The summed E-state index contributed by atoms with van der Waals surface area (Å²) in [6, 6.07) is 4.50. The Hall–Kier alpha value is -2.45. The van der Waals surface area contributed by atoms with E-state index in [9.17, 15) is 15.2 Å². The molecular weight excluding hydrogens is 300 g/mol. The first-order chi connectivity index (χ1) is 10.8. The molecule has 0 saturated carbocycles. The van der Waals surface area contributed by atoms with E-state index in [1.54, 1.807) is 37.1 Å². The quantitative estimate of drug-likeness (QED) is 0.595. The summed E-state index contributed by atoms with van der Waals surface area (Å²) in [5, 5.41) is 28.6. The first kappa shape index (κ1) is 16.9. The molecule has 0 aliphatic heterocycles. The summed E-state index contributed by atoms with van der Waals surface area (Å²) >= 11 is 0. The fraction of sp³-hybridized carbons (Fsp3) is 0.400. The molecule has 0 aliphatic rings. The van der Waals surface area contributed by atoms with Crippen LogP contribution in [-0.4, -0.2) is 33.5 Å². The predicted octanol–water partition coefficient (Wildman–Crippen LogP) is 1.79. The Labute approximate surface area is 133 Å². The standard InChI is InChI=1S/C15H20N4O4/c1-15(20,12-7-17-18(2)8-12)10-16-14-5-4-13(19(21)22)6-11(14)9-23-3/h4-8,16,20H,9-10H2,1-3H3. The molecule has 0 aliphatic carbocycles. The maximum atomic E-state index is 10.9.